The highest BCUT2D eigenvalue weighted by Crippen LogP contribution is 2.28. The zero-order chi connectivity index (χ0) is 17.3. The van der Waals surface area contributed by atoms with Gasteiger partial charge in [0.25, 0.3) is 0 Å². The topological polar surface area (TPSA) is 100 Å². The Morgan fingerprint density at radius 3 is 3.04 bits per heavy atom. The van der Waals surface area contributed by atoms with Gasteiger partial charge in [0, 0.05) is 26.3 Å². The van der Waals surface area contributed by atoms with Crippen LogP contribution in [0, 0.1) is 5.92 Å². The summed E-state index contributed by atoms with van der Waals surface area (Å²) in [5.74, 6) is 3.46. The van der Waals surface area contributed by atoms with E-state index >= 15 is 0 Å². The number of guanidine groups is 1. The molecule has 1 fully saturated rings. The van der Waals surface area contributed by atoms with Gasteiger partial charge in [0.2, 0.25) is 5.82 Å². The van der Waals surface area contributed by atoms with Gasteiger partial charge in [0.15, 0.2) is 11.7 Å². The molecule has 0 saturated heterocycles. The van der Waals surface area contributed by atoms with Crippen LogP contribution in [0.2, 0.25) is 0 Å². The molecule has 1 saturated carbocycles. The van der Waals surface area contributed by atoms with Crippen molar-refractivity contribution in [2.45, 2.75) is 32.7 Å². The largest absolute Gasteiger partial charge is 0.461 e. The Labute approximate surface area is 170 Å². The van der Waals surface area contributed by atoms with Crippen LogP contribution < -0.4 is 10.6 Å². The summed E-state index contributed by atoms with van der Waals surface area (Å²) in [5.41, 5.74) is 0. The molecule has 3 N–H and O–H groups in total. The minimum atomic E-state index is 0. The van der Waals surface area contributed by atoms with Gasteiger partial charge in [-0.1, -0.05) is 0 Å². The highest BCUT2D eigenvalue weighted by Gasteiger charge is 2.20. The Balaban J connectivity index is 0.00000243. The standard InChI is InChI=1S/C17H26N6O2.HI/c1-2-18-17(19-8-4-9-24-12-13-6-7-13)20-11-15-21-16(23-22-15)14-5-3-10-25-14;/h3,5,10,13H,2,4,6-9,11-12H2,1H3,(H2,18,19,20)(H,21,22,23);1H. The molecule has 0 aromatic carbocycles. The second-order valence-electron chi connectivity index (χ2n) is 6.08. The van der Waals surface area contributed by atoms with E-state index < -0.39 is 0 Å². The molecule has 8 nitrogen and oxygen atoms in total. The molecule has 26 heavy (non-hydrogen) atoms. The summed E-state index contributed by atoms with van der Waals surface area (Å²) in [6.07, 6.45) is 5.23. The molecule has 0 spiro atoms. The van der Waals surface area contributed by atoms with Crippen molar-refractivity contribution >= 4 is 29.9 Å². The predicted octanol–water partition coefficient (Wildman–Crippen LogP) is 2.55. The molecule has 3 rings (SSSR count). The van der Waals surface area contributed by atoms with Crippen molar-refractivity contribution in [1.29, 1.82) is 0 Å². The van der Waals surface area contributed by atoms with Gasteiger partial charge in [-0.05, 0) is 44.2 Å². The maximum Gasteiger partial charge on any atom is 0.216 e. The number of aliphatic imine (C=N–C) groups is 1. The summed E-state index contributed by atoms with van der Waals surface area (Å²) in [6, 6.07) is 3.64. The van der Waals surface area contributed by atoms with Crippen molar-refractivity contribution in [3.8, 4) is 11.6 Å². The van der Waals surface area contributed by atoms with Gasteiger partial charge in [-0.3, -0.25) is 5.10 Å². The maximum absolute atomic E-state index is 5.63. The Kier molecular flexibility index (Phi) is 8.89. The first kappa shape index (κ1) is 20.7. The van der Waals surface area contributed by atoms with Crippen LogP contribution in [-0.2, 0) is 11.3 Å². The molecular weight excluding hydrogens is 447 g/mol. The fourth-order valence-electron chi connectivity index (χ4n) is 2.29. The number of furan rings is 1. The third-order valence-corrected chi connectivity index (χ3v) is 3.81. The molecule has 0 aliphatic heterocycles. The number of aromatic nitrogens is 3. The number of nitrogens with zero attached hydrogens (tertiary/aromatic N) is 3. The normalized spacial score (nSPS) is 14.1. The fourth-order valence-corrected chi connectivity index (χ4v) is 2.29. The monoisotopic (exact) mass is 474 g/mol. The van der Waals surface area contributed by atoms with Crippen molar-refractivity contribution in [1.82, 2.24) is 25.8 Å². The summed E-state index contributed by atoms with van der Waals surface area (Å²) in [7, 11) is 0. The molecule has 2 aromatic rings. The van der Waals surface area contributed by atoms with Gasteiger partial charge in [0.1, 0.15) is 12.4 Å². The average molecular weight is 474 g/mol. The summed E-state index contributed by atoms with van der Waals surface area (Å²) >= 11 is 0. The second-order valence-corrected chi connectivity index (χ2v) is 6.08. The first-order valence-electron chi connectivity index (χ1n) is 8.90. The van der Waals surface area contributed by atoms with Crippen molar-refractivity contribution < 1.29 is 9.15 Å². The smallest absolute Gasteiger partial charge is 0.216 e. The van der Waals surface area contributed by atoms with E-state index in [0.717, 1.165) is 44.6 Å². The fraction of sp³-hybridized carbons (Fsp3) is 0.588. The van der Waals surface area contributed by atoms with Crippen LogP contribution in [0.1, 0.15) is 32.0 Å². The first-order chi connectivity index (χ1) is 12.3. The number of H-pyrrole nitrogens is 1. The van der Waals surface area contributed by atoms with E-state index in [4.69, 9.17) is 9.15 Å². The maximum atomic E-state index is 5.63. The molecule has 2 aromatic heterocycles. The van der Waals surface area contributed by atoms with Crippen LogP contribution in [0.25, 0.3) is 11.6 Å². The highest BCUT2D eigenvalue weighted by atomic mass is 127. The Hall–Kier alpha value is -1.62. The van der Waals surface area contributed by atoms with Gasteiger partial charge < -0.3 is 19.8 Å². The van der Waals surface area contributed by atoms with E-state index in [2.05, 4.69) is 30.8 Å². The van der Waals surface area contributed by atoms with Gasteiger partial charge >= 0.3 is 0 Å². The average Bonchev–Trinajstić information content (AvgIpc) is 3.10. The third-order valence-electron chi connectivity index (χ3n) is 3.81. The lowest BCUT2D eigenvalue weighted by molar-refractivity contribution is 0.123. The van der Waals surface area contributed by atoms with Crippen LogP contribution in [0.5, 0.6) is 0 Å². The van der Waals surface area contributed by atoms with Crippen LogP contribution in [0.15, 0.2) is 27.8 Å². The molecule has 1 aliphatic rings. The molecule has 2 heterocycles. The second kappa shape index (κ2) is 11.2. The zero-order valence-corrected chi connectivity index (χ0v) is 17.4. The molecular formula is C17H27IN6O2. The SMILES string of the molecule is CCNC(=NCc1nc(-c2ccco2)n[nH]1)NCCCOCC1CC1.I. The minimum Gasteiger partial charge on any atom is -0.461 e. The van der Waals surface area contributed by atoms with Crippen LogP contribution in [0.3, 0.4) is 0 Å². The molecule has 0 radical (unpaired) electrons. The molecule has 0 atom stereocenters. The van der Waals surface area contributed by atoms with E-state index in [9.17, 15) is 0 Å². The first-order valence-corrected chi connectivity index (χ1v) is 8.90. The van der Waals surface area contributed by atoms with E-state index in [1.807, 2.05) is 19.1 Å². The van der Waals surface area contributed by atoms with Gasteiger partial charge in [-0.25, -0.2) is 9.98 Å². The van der Waals surface area contributed by atoms with Crippen molar-refractivity contribution in [2.75, 3.05) is 26.3 Å². The summed E-state index contributed by atoms with van der Waals surface area (Å²) in [5, 5.41) is 13.6. The number of ether oxygens (including phenoxy) is 1. The number of rotatable bonds is 10. The predicted molar refractivity (Wildman–Crippen MR) is 110 cm³/mol. The quantitative estimate of drug-likeness (QED) is 0.212. The summed E-state index contributed by atoms with van der Waals surface area (Å²) in [4.78, 5) is 8.91. The minimum absolute atomic E-state index is 0. The molecule has 1 aliphatic carbocycles. The molecule has 0 amide bonds. The van der Waals surface area contributed by atoms with Crippen molar-refractivity contribution in [3.63, 3.8) is 0 Å². The lowest BCUT2D eigenvalue weighted by atomic mass is 10.4. The van der Waals surface area contributed by atoms with Crippen LogP contribution in [0.4, 0.5) is 0 Å². The van der Waals surface area contributed by atoms with Crippen molar-refractivity contribution in [2.24, 2.45) is 10.9 Å². The van der Waals surface area contributed by atoms with Gasteiger partial charge in [-0.2, -0.15) is 0 Å². The number of hydrogen-bond donors (Lipinski definition) is 3. The third kappa shape index (κ3) is 6.94. The van der Waals surface area contributed by atoms with Gasteiger partial charge in [0.05, 0.1) is 6.26 Å². The van der Waals surface area contributed by atoms with Crippen LogP contribution in [-0.4, -0.2) is 47.4 Å². The number of hydrogen-bond acceptors (Lipinski definition) is 5. The van der Waals surface area contributed by atoms with Crippen molar-refractivity contribution in [3.05, 3.63) is 24.2 Å². The Morgan fingerprint density at radius 1 is 1.42 bits per heavy atom. The zero-order valence-electron chi connectivity index (χ0n) is 15.0. The van der Waals surface area contributed by atoms with Gasteiger partial charge in [-0.15, -0.1) is 29.1 Å². The molecule has 0 unspecified atom stereocenters. The number of nitrogens with one attached hydrogen (secondary N) is 3. The number of aromatic amines is 1. The van der Waals surface area contributed by atoms with Crippen LogP contribution >= 0.6 is 24.0 Å². The summed E-state index contributed by atoms with van der Waals surface area (Å²) < 4.78 is 10.9. The highest BCUT2D eigenvalue weighted by molar-refractivity contribution is 14.0. The Morgan fingerprint density at radius 2 is 2.31 bits per heavy atom. The molecule has 9 heteroatoms. The number of halogens is 1. The lowest BCUT2D eigenvalue weighted by Crippen LogP contribution is -2.38. The summed E-state index contributed by atoms with van der Waals surface area (Å²) in [6.45, 7) is 5.79. The Bertz CT molecular complexity index is 654. The van der Waals surface area contributed by atoms with E-state index in [-0.39, 0.29) is 24.0 Å². The lowest BCUT2D eigenvalue weighted by Gasteiger charge is -2.11. The van der Waals surface area contributed by atoms with E-state index in [0.29, 0.717) is 24.0 Å². The molecule has 144 valence electrons. The molecule has 0 bridgehead atoms. The van der Waals surface area contributed by atoms with E-state index in [1.165, 1.54) is 12.8 Å². The van der Waals surface area contributed by atoms with E-state index in [1.54, 1.807) is 6.26 Å².